The molecule has 1 rings (SSSR count). The molecule has 2 nitrogen and oxygen atoms in total. The van der Waals surface area contributed by atoms with E-state index in [-0.39, 0.29) is 0 Å². The molecule has 1 aliphatic carbocycles. The fourth-order valence-corrected chi connectivity index (χ4v) is 0.436. The number of hydrogen-bond donors (Lipinski definition) is 0. The molecular formula is C4H3BrO2. The Morgan fingerprint density at radius 2 is 2.57 bits per heavy atom. The van der Waals surface area contributed by atoms with Crippen LogP contribution >= 0.6 is 15.9 Å². The van der Waals surface area contributed by atoms with Crippen LogP contribution in [0.2, 0.25) is 0 Å². The quantitative estimate of drug-likeness (QED) is 0.551. The van der Waals surface area contributed by atoms with Crippen molar-refractivity contribution >= 4 is 20.8 Å². The topological polar surface area (TPSA) is 26.3 Å². The van der Waals surface area contributed by atoms with Crippen LogP contribution in [0.5, 0.6) is 0 Å². The number of carbonyl (C=O) groups is 1. The van der Waals surface area contributed by atoms with E-state index in [2.05, 4.69) is 20.7 Å². The molecule has 3 heteroatoms. The van der Waals surface area contributed by atoms with E-state index < -0.39 is 4.88 Å². The second-order valence-corrected chi connectivity index (χ2v) is 1.86. The van der Waals surface area contributed by atoms with Crippen LogP contribution in [0, 0.1) is 0 Å². The average Bonchev–Trinajstić information content (AvgIpc) is 2.17. The van der Waals surface area contributed by atoms with E-state index in [1.165, 1.54) is 0 Å². The lowest BCUT2D eigenvalue weighted by Crippen LogP contribution is -1.82. The van der Waals surface area contributed by atoms with Crippen molar-refractivity contribution in [2.75, 3.05) is 0 Å². The zero-order chi connectivity index (χ0) is 5.28. The molecule has 0 N–H and O–H groups in total. The smallest absolute Gasteiger partial charge is 0.379 e. The summed E-state index contributed by atoms with van der Waals surface area (Å²) in [7, 11) is 0. The third kappa shape index (κ3) is 1.73. The minimum Gasteiger partial charge on any atom is -0.423 e. The molecule has 0 aliphatic heterocycles. The molecular weight excluding hydrogens is 160 g/mol. The highest BCUT2D eigenvalue weighted by Crippen LogP contribution is 2.20. The largest absolute Gasteiger partial charge is 0.423 e. The fraction of sp³-hybridized carbons (Fsp3) is 0.250. The number of halogens is 1. The first-order valence-electron chi connectivity index (χ1n) is 1.85. The summed E-state index contributed by atoms with van der Waals surface area (Å²) in [6.07, 6.45) is 2.66. The molecule has 0 heterocycles. The molecule has 0 bridgehead atoms. The van der Waals surface area contributed by atoms with Crippen molar-refractivity contribution < 1.29 is 9.53 Å². The van der Waals surface area contributed by atoms with Gasteiger partial charge in [-0.05, 0) is 6.08 Å². The Balaban J connectivity index is 2.21. The van der Waals surface area contributed by atoms with Crippen LogP contribution < -0.4 is 0 Å². The number of ether oxygens (including phenoxy) is 1. The lowest BCUT2D eigenvalue weighted by atomic mass is 10.8. The number of allylic oxidation sites excluding steroid dienone is 2. The third-order valence-electron chi connectivity index (χ3n) is 0.582. The molecule has 0 aromatic carbocycles. The van der Waals surface area contributed by atoms with E-state index in [4.69, 9.17) is 0 Å². The molecule has 38 valence electrons. The van der Waals surface area contributed by atoms with Gasteiger partial charge < -0.3 is 4.74 Å². The molecule has 0 saturated carbocycles. The van der Waals surface area contributed by atoms with Crippen LogP contribution in [0.4, 0.5) is 4.79 Å². The molecule has 1 aliphatic rings. The number of hydrogen-bond acceptors (Lipinski definition) is 2. The summed E-state index contributed by atoms with van der Waals surface area (Å²) >= 11 is 2.61. The zero-order valence-corrected chi connectivity index (χ0v) is 5.06. The number of carbonyl (C=O) groups excluding carboxylic acids is 1. The standard InChI is InChI=1S/C4H3BrO2/c5-4(6)7-3-1-2-3/h1H,2H2. The summed E-state index contributed by atoms with van der Waals surface area (Å²) in [5.74, 6) is 0.766. The van der Waals surface area contributed by atoms with Gasteiger partial charge in [0.25, 0.3) is 0 Å². The highest BCUT2D eigenvalue weighted by molar-refractivity contribution is 9.18. The Kier molecular flexibility index (Phi) is 1.15. The highest BCUT2D eigenvalue weighted by atomic mass is 79.9. The molecule has 0 atom stereocenters. The molecule has 0 amide bonds. The summed E-state index contributed by atoms with van der Waals surface area (Å²) in [6, 6.07) is 0. The summed E-state index contributed by atoms with van der Waals surface area (Å²) in [5, 5.41) is 0. The SMILES string of the molecule is O=C(Br)OC1=CC1. The van der Waals surface area contributed by atoms with Gasteiger partial charge in [-0.15, -0.1) is 0 Å². The Morgan fingerprint density at radius 3 is 2.71 bits per heavy atom. The first-order valence-corrected chi connectivity index (χ1v) is 2.64. The summed E-state index contributed by atoms with van der Waals surface area (Å²) in [5.41, 5.74) is 0. The summed E-state index contributed by atoms with van der Waals surface area (Å²) < 4.78 is 4.50. The van der Waals surface area contributed by atoms with E-state index >= 15 is 0 Å². The van der Waals surface area contributed by atoms with Gasteiger partial charge in [-0.3, -0.25) is 0 Å². The Bertz CT molecular complexity index is 128. The van der Waals surface area contributed by atoms with Crippen molar-refractivity contribution in [3.8, 4) is 0 Å². The normalized spacial score (nSPS) is 15.3. The molecule has 0 radical (unpaired) electrons. The predicted octanol–water partition coefficient (Wildman–Crippen LogP) is 1.81. The van der Waals surface area contributed by atoms with Crippen molar-refractivity contribution in [2.45, 2.75) is 6.42 Å². The van der Waals surface area contributed by atoms with Gasteiger partial charge in [-0.2, -0.15) is 0 Å². The third-order valence-corrected chi connectivity index (χ3v) is 0.744. The van der Waals surface area contributed by atoms with Crippen LogP contribution in [0.15, 0.2) is 11.8 Å². The molecule has 0 fully saturated rings. The minimum atomic E-state index is -0.406. The van der Waals surface area contributed by atoms with E-state index in [9.17, 15) is 4.79 Å². The molecule has 7 heavy (non-hydrogen) atoms. The molecule has 0 aromatic heterocycles. The predicted molar refractivity (Wildman–Crippen MR) is 28.1 cm³/mol. The molecule has 0 unspecified atom stereocenters. The second-order valence-electron chi connectivity index (χ2n) is 1.21. The Hall–Kier alpha value is -0.310. The van der Waals surface area contributed by atoms with Crippen molar-refractivity contribution in [3.05, 3.63) is 11.8 Å². The lowest BCUT2D eigenvalue weighted by molar-refractivity contribution is 0.210. The van der Waals surface area contributed by atoms with Crippen LogP contribution in [0.1, 0.15) is 6.42 Å². The van der Waals surface area contributed by atoms with Gasteiger partial charge in [0.15, 0.2) is 0 Å². The lowest BCUT2D eigenvalue weighted by Gasteiger charge is -1.85. The van der Waals surface area contributed by atoms with Gasteiger partial charge in [0.1, 0.15) is 5.76 Å². The van der Waals surface area contributed by atoms with Crippen LogP contribution in [-0.2, 0) is 4.74 Å². The maximum absolute atomic E-state index is 9.95. The van der Waals surface area contributed by atoms with Crippen molar-refractivity contribution in [1.82, 2.24) is 0 Å². The van der Waals surface area contributed by atoms with Gasteiger partial charge in [0, 0.05) is 22.4 Å². The van der Waals surface area contributed by atoms with E-state index in [0.29, 0.717) is 0 Å². The highest BCUT2D eigenvalue weighted by Gasteiger charge is 2.10. The molecule has 0 spiro atoms. The van der Waals surface area contributed by atoms with Crippen LogP contribution in [0.3, 0.4) is 0 Å². The summed E-state index contributed by atoms with van der Waals surface area (Å²) in [6.45, 7) is 0. The maximum Gasteiger partial charge on any atom is 0.379 e. The van der Waals surface area contributed by atoms with Crippen molar-refractivity contribution in [2.24, 2.45) is 0 Å². The van der Waals surface area contributed by atoms with Gasteiger partial charge in [-0.1, -0.05) is 0 Å². The summed E-state index contributed by atoms with van der Waals surface area (Å²) in [4.78, 5) is 9.54. The zero-order valence-electron chi connectivity index (χ0n) is 3.48. The average molecular weight is 163 g/mol. The first-order chi connectivity index (χ1) is 3.29. The van der Waals surface area contributed by atoms with E-state index in [0.717, 1.165) is 12.2 Å². The fourth-order valence-electron chi connectivity index (χ4n) is 0.228. The first kappa shape index (κ1) is 4.84. The molecule has 0 aromatic rings. The monoisotopic (exact) mass is 162 g/mol. The Morgan fingerprint density at radius 1 is 2.00 bits per heavy atom. The van der Waals surface area contributed by atoms with Crippen LogP contribution in [-0.4, -0.2) is 4.88 Å². The van der Waals surface area contributed by atoms with Gasteiger partial charge >= 0.3 is 4.88 Å². The van der Waals surface area contributed by atoms with Crippen molar-refractivity contribution in [1.29, 1.82) is 0 Å². The van der Waals surface area contributed by atoms with Gasteiger partial charge in [-0.25, -0.2) is 4.79 Å². The van der Waals surface area contributed by atoms with Crippen LogP contribution in [0.25, 0.3) is 0 Å². The van der Waals surface area contributed by atoms with E-state index in [1.54, 1.807) is 0 Å². The number of rotatable bonds is 1. The Labute approximate surface area is 49.3 Å². The molecule has 0 saturated heterocycles. The minimum absolute atomic E-state index is 0.406. The van der Waals surface area contributed by atoms with Gasteiger partial charge in [0.05, 0.1) is 0 Å². The van der Waals surface area contributed by atoms with Gasteiger partial charge in [0.2, 0.25) is 0 Å². The second kappa shape index (κ2) is 1.66. The van der Waals surface area contributed by atoms with Crippen molar-refractivity contribution in [3.63, 3.8) is 0 Å². The van der Waals surface area contributed by atoms with E-state index in [1.807, 2.05) is 6.08 Å². The maximum atomic E-state index is 9.95.